The number of nitrogens with zero attached hydrogens (tertiary/aromatic N) is 1. The molecule has 80 valence electrons. The molecule has 1 unspecified atom stereocenters. The van der Waals surface area contributed by atoms with Gasteiger partial charge in [-0.15, -0.1) is 0 Å². The van der Waals surface area contributed by atoms with E-state index in [0.29, 0.717) is 11.5 Å². The van der Waals surface area contributed by atoms with Crippen LogP contribution in [0, 0.1) is 17.2 Å². The zero-order valence-corrected chi connectivity index (χ0v) is 9.33. The number of hydrogen-bond donors (Lipinski definition) is 1. The lowest BCUT2D eigenvalue weighted by Crippen LogP contribution is -2.20. The average molecular weight is 210 g/mol. The van der Waals surface area contributed by atoms with Crippen LogP contribution in [0.4, 0.5) is 0 Å². The van der Waals surface area contributed by atoms with Gasteiger partial charge in [-0.05, 0) is 30.0 Å². The van der Waals surface area contributed by atoms with Crippen molar-refractivity contribution in [3.63, 3.8) is 0 Å². The van der Waals surface area contributed by atoms with Crippen molar-refractivity contribution in [1.29, 1.82) is 5.26 Å². The molecule has 0 amide bonds. The summed E-state index contributed by atoms with van der Waals surface area (Å²) in [5.74, 6) is 0.488. The minimum atomic E-state index is 0.488. The van der Waals surface area contributed by atoms with E-state index in [2.05, 4.69) is 31.0 Å². The van der Waals surface area contributed by atoms with Crippen molar-refractivity contribution in [1.82, 2.24) is 5.32 Å². The van der Waals surface area contributed by atoms with Gasteiger partial charge >= 0.3 is 0 Å². The molecule has 0 bridgehead atoms. The van der Waals surface area contributed by atoms with E-state index in [1.165, 1.54) is 0 Å². The Balaban J connectivity index is 2.25. The first-order chi connectivity index (χ1) is 7.70. The zero-order chi connectivity index (χ0) is 11.5. The van der Waals surface area contributed by atoms with Gasteiger partial charge < -0.3 is 5.32 Å². The molecule has 0 fully saturated rings. The molecule has 0 radical (unpaired) electrons. The Bertz CT molecular complexity index is 474. The highest BCUT2D eigenvalue weighted by Gasteiger charge is 2.13. The summed E-state index contributed by atoms with van der Waals surface area (Å²) in [6.45, 7) is 6.15. The van der Waals surface area contributed by atoms with Gasteiger partial charge in [0.05, 0.1) is 11.6 Å². The Morgan fingerprint density at radius 3 is 2.62 bits per heavy atom. The van der Waals surface area contributed by atoms with E-state index in [0.717, 1.165) is 23.4 Å². The second kappa shape index (κ2) is 4.24. The normalized spacial score (nSPS) is 19.6. The Hall–Kier alpha value is -2.01. The van der Waals surface area contributed by atoms with Crippen LogP contribution >= 0.6 is 0 Å². The summed E-state index contributed by atoms with van der Waals surface area (Å²) in [7, 11) is 0. The molecular weight excluding hydrogens is 196 g/mol. The average Bonchev–Trinajstić information content (AvgIpc) is 2.33. The van der Waals surface area contributed by atoms with Gasteiger partial charge in [0.1, 0.15) is 0 Å². The van der Waals surface area contributed by atoms with Crippen molar-refractivity contribution in [3.8, 4) is 6.07 Å². The number of benzene rings is 1. The predicted octanol–water partition coefficient (Wildman–Crippen LogP) is 3.04. The van der Waals surface area contributed by atoms with Crippen LogP contribution < -0.4 is 5.32 Å². The highest BCUT2D eigenvalue weighted by atomic mass is 14.9. The maximum Gasteiger partial charge on any atom is 0.0991 e. The van der Waals surface area contributed by atoms with Crippen molar-refractivity contribution >= 4 is 5.70 Å². The molecule has 0 aliphatic carbocycles. The van der Waals surface area contributed by atoms with Crippen LogP contribution in [0.1, 0.15) is 24.5 Å². The Morgan fingerprint density at radius 2 is 2.06 bits per heavy atom. The van der Waals surface area contributed by atoms with Crippen molar-refractivity contribution in [2.24, 2.45) is 5.92 Å². The molecule has 1 aliphatic heterocycles. The summed E-state index contributed by atoms with van der Waals surface area (Å²) in [6, 6.07) is 9.70. The third-order valence-corrected chi connectivity index (χ3v) is 2.89. The number of nitrogens with one attached hydrogen (secondary N) is 1. The van der Waals surface area contributed by atoms with Gasteiger partial charge in [-0.1, -0.05) is 31.7 Å². The lowest BCUT2D eigenvalue weighted by Gasteiger charge is -2.23. The molecule has 2 nitrogen and oxygen atoms in total. The Morgan fingerprint density at radius 1 is 1.38 bits per heavy atom. The number of hydrogen-bond acceptors (Lipinski definition) is 2. The second-order valence-electron chi connectivity index (χ2n) is 4.09. The molecule has 0 saturated carbocycles. The van der Waals surface area contributed by atoms with Gasteiger partial charge in [-0.25, -0.2) is 0 Å². The molecule has 0 saturated heterocycles. The van der Waals surface area contributed by atoms with Gasteiger partial charge in [-0.2, -0.15) is 5.26 Å². The van der Waals surface area contributed by atoms with E-state index in [-0.39, 0.29) is 0 Å². The minimum absolute atomic E-state index is 0.488. The minimum Gasteiger partial charge on any atom is -0.359 e. The molecule has 1 aromatic carbocycles. The van der Waals surface area contributed by atoms with Crippen molar-refractivity contribution in [3.05, 3.63) is 53.7 Å². The summed E-state index contributed by atoms with van der Waals surface area (Å²) in [5, 5.41) is 12.0. The maximum atomic E-state index is 8.72. The lowest BCUT2D eigenvalue weighted by molar-refractivity contribution is 0.641. The van der Waals surface area contributed by atoms with Gasteiger partial charge in [0, 0.05) is 11.4 Å². The third-order valence-electron chi connectivity index (χ3n) is 2.89. The number of rotatable bonds is 1. The lowest BCUT2D eigenvalue weighted by atomic mass is 9.97. The molecule has 0 aromatic heterocycles. The molecule has 2 heteroatoms. The smallest absolute Gasteiger partial charge is 0.0991 e. The molecule has 0 spiro atoms. The molecule has 1 aliphatic rings. The molecule has 16 heavy (non-hydrogen) atoms. The third kappa shape index (κ3) is 1.99. The van der Waals surface area contributed by atoms with Crippen LogP contribution in [-0.2, 0) is 0 Å². The zero-order valence-electron chi connectivity index (χ0n) is 9.33. The second-order valence-corrected chi connectivity index (χ2v) is 4.09. The maximum absolute atomic E-state index is 8.72. The Kier molecular flexibility index (Phi) is 2.78. The highest BCUT2D eigenvalue weighted by molar-refractivity contribution is 5.67. The fourth-order valence-corrected chi connectivity index (χ4v) is 1.70. The first-order valence-electron chi connectivity index (χ1n) is 5.37. The predicted molar refractivity (Wildman–Crippen MR) is 65.2 cm³/mol. The number of nitriles is 1. The molecule has 1 atom stereocenters. The summed E-state index contributed by atoms with van der Waals surface area (Å²) >= 11 is 0. The van der Waals surface area contributed by atoms with Crippen LogP contribution in [0.3, 0.4) is 0 Å². The van der Waals surface area contributed by atoms with Crippen LogP contribution in [0.5, 0.6) is 0 Å². The van der Waals surface area contributed by atoms with E-state index < -0.39 is 0 Å². The highest BCUT2D eigenvalue weighted by Crippen LogP contribution is 2.24. The van der Waals surface area contributed by atoms with Crippen molar-refractivity contribution in [2.45, 2.75) is 13.3 Å². The summed E-state index contributed by atoms with van der Waals surface area (Å²) < 4.78 is 0. The fraction of sp³-hybridized carbons (Fsp3) is 0.214. The van der Waals surface area contributed by atoms with E-state index in [9.17, 15) is 0 Å². The molecule has 1 heterocycles. The van der Waals surface area contributed by atoms with E-state index in [1.54, 1.807) is 0 Å². The SMILES string of the molecule is C=C1NC(c2ccc(C#N)cc2)=CCC1C. The van der Waals surface area contributed by atoms with Gasteiger partial charge in [0.15, 0.2) is 0 Å². The first-order valence-corrected chi connectivity index (χ1v) is 5.37. The number of allylic oxidation sites excluding steroid dienone is 2. The van der Waals surface area contributed by atoms with Crippen LogP contribution in [0.2, 0.25) is 0 Å². The summed E-state index contributed by atoms with van der Waals surface area (Å²) in [4.78, 5) is 0. The van der Waals surface area contributed by atoms with E-state index in [1.807, 2.05) is 24.3 Å². The molecular formula is C14H14N2. The molecule has 1 N–H and O–H groups in total. The molecule has 2 rings (SSSR count). The molecule has 1 aromatic rings. The monoisotopic (exact) mass is 210 g/mol. The van der Waals surface area contributed by atoms with Gasteiger partial charge in [-0.3, -0.25) is 0 Å². The standard InChI is InChI=1S/C14H14N2/c1-10-3-8-14(16-11(10)2)13-6-4-12(9-15)5-7-13/h4-8,10,16H,2-3H2,1H3. The fourth-order valence-electron chi connectivity index (χ4n) is 1.70. The van der Waals surface area contributed by atoms with E-state index in [4.69, 9.17) is 5.26 Å². The summed E-state index contributed by atoms with van der Waals surface area (Å²) in [5.41, 5.74) is 3.94. The Labute approximate surface area is 95.9 Å². The summed E-state index contributed by atoms with van der Waals surface area (Å²) in [6.07, 6.45) is 3.20. The largest absolute Gasteiger partial charge is 0.359 e. The topological polar surface area (TPSA) is 35.8 Å². The van der Waals surface area contributed by atoms with Crippen molar-refractivity contribution < 1.29 is 0 Å². The van der Waals surface area contributed by atoms with Crippen LogP contribution in [0.15, 0.2) is 42.6 Å². The van der Waals surface area contributed by atoms with Gasteiger partial charge in [0.2, 0.25) is 0 Å². The quantitative estimate of drug-likeness (QED) is 0.773. The van der Waals surface area contributed by atoms with E-state index >= 15 is 0 Å². The first kappa shape index (κ1) is 10.5. The van der Waals surface area contributed by atoms with Crippen molar-refractivity contribution in [2.75, 3.05) is 0 Å². The van der Waals surface area contributed by atoms with Crippen LogP contribution in [-0.4, -0.2) is 0 Å². The van der Waals surface area contributed by atoms with Gasteiger partial charge in [0.25, 0.3) is 0 Å². The van der Waals surface area contributed by atoms with Crippen LogP contribution in [0.25, 0.3) is 5.70 Å².